The molecule has 1 amide bonds. The minimum Gasteiger partial charge on any atom is -0.361 e. The SMILES string of the molecule is Cc1oncc1C(=O)Nc1cccc(NS(=O)(=O)c2cccc(Cl)c2C)c1. The largest absolute Gasteiger partial charge is 0.361 e. The third-order valence-corrected chi connectivity index (χ3v) is 5.81. The second kappa shape index (κ2) is 7.42. The zero-order valence-electron chi connectivity index (χ0n) is 14.5. The van der Waals surface area contributed by atoms with Crippen LogP contribution in [0.1, 0.15) is 21.7 Å². The molecular formula is C18H16ClN3O4S. The minimum absolute atomic E-state index is 0.0875. The number of carbonyl (C=O) groups is 1. The summed E-state index contributed by atoms with van der Waals surface area (Å²) in [6, 6.07) is 11.0. The van der Waals surface area contributed by atoms with Crippen LogP contribution in [-0.2, 0) is 10.0 Å². The highest BCUT2D eigenvalue weighted by atomic mass is 35.5. The van der Waals surface area contributed by atoms with Crippen LogP contribution in [0.2, 0.25) is 5.02 Å². The topological polar surface area (TPSA) is 101 Å². The number of aromatic nitrogens is 1. The van der Waals surface area contributed by atoms with Gasteiger partial charge in [-0.25, -0.2) is 8.42 Å². The van der Waals surface area contributed by atoms with Gasteiger partial charge >= 0.3 is 0 Å². The van der Waals surface area contributed by atoms with Crippen LogP contribution < -0.4 is 10.0 Å². The Kier molecular flexibility index (Phi) is 5.20. The van der Waals surface area contributed by atoms with Crippen LogP contribution in [-0.4, -0.2) is 19.5 Å². The number of hydrogen-bond acceptors (Lipinski definition) is 5. The molecule has 27 heavy (non-hydrogen) atoms. The summed E-state index contributed by atoms with van der Waals surface area (Å²) in [6.45, 7) is 3.26. The van der Waals surface area contributed by atoms with Gasteiger partial charge in [-0.05, 0) is 49.7 Å². The van der Waals surface area contributed by atoms with Crippen LogP contribution in [0.3, 0.4) is 0 Å². The second-order valence-corrected chi connectivity index (χ2v) is 7.86. The normalized spacial score (nSPS) is 11.2. The van der Waals surface area contributed by atoms with Gasteiger partial charge in [-0.1, -0.05) is 28.9 Å². The first kappa shape index (κ1) is 18.9. The molecule has 7 nitrogen and oxygen atoms in total. The molecule has 3 aromatic rings. The van der Waals surface area contributed by atoms with E-state index in [0.29, 0.717) is 33.3 Å². The smallest absolute Gasteiger partial charge is 0.262 e. The van der Waals surface area contributed by atoms with E-state index < -0.39 is 15.9 Å². The first-order chi connectivity index (χ1) is 12.8. The first-order valence-corrected chi connectivity index (χ1v) is 9.74. The lowest BCUT2D eigenvalue weighted by Crippen LogP contribution is -2.15. The lowest BCUT2D eigenvalue weighted by molar-refractivity contribution is 0.102. The minimum atomic E-state index is -3.83. The van der Waals surface area contributed by atoms with E-state index in [-0.39, 0.29) is 4.90 Å². The number of nitrogens with one attached hydrogen (secondary N) is 2. The van der Waals surface area contributed by atoms with Crippen molar-refractivity contribution < 1.29 is 17.7 Å². The van der Waals surface area contributed by atoms with Crippen LogP contribution in [0, 0.1) is 13.8 Å². The third kappa shape index (κ3) is 4.12. The van der Waals surface area contributed by atoms with E-state index in [1.807, 2.05) is 0 Å². The molecule has 0 unspecified atom stereocenters. The summed E-state index contributed by atoms with van der Waals surface area (Å²) in [7, 11) is -3.83. The standard InChI is InChI=1S/C18H16ClN3O4S/c1-11-16(19)7-4-8-17(11)27(24,25)22-14-6-3-5-13(9-14)21-18(23)15-10-20-26-12(15)2/h3-10,22H,1-2H3,(H,21,23). The Morgan fingerprint density at radius 1 is 1.11 bits per heavy atom. The quantitative estimate of drug-likeness (QED) is 0.668. The third-order valence-electron chi connectivity index (χ3n) is 3.88. The van der Waals surface area contributed by atoms with Crippen molar-refractivity contribution >= 4 is 38.9 Å². The van der Waals surface area contributed by atoms with Gasteiger partial charge in [0, 0.05) is 10.7 Å². The summed E-state index contributed by atoms with van der Waals surface area (Å²) in [6.07, 6.45) is 1.32. The molecule has 2 N–H and O–H groups in total. The Hall–Kier alpha value is -2.84. The summed E-state index contributed by atoms with van der Waals surface area (Å²) in [5.74, 6) is -0.0137. The van der Waals surface area contributed by atoms with Crippen molar-refractivity contribution in [1.82, 2.24) is 5.16 Å². The molecule has 2 aromatic carbocycles. The molecule has 0 radical (unpaired) electrons. The van der Waals surface area contributed by atoms with Gasteiger partial charge in [-0.2, -0.15) is 0 Å². The van der Waals surface area contributed by atoms with Gasteiger partial charge in [0.1, 0.15) is 11.3 Å². The van der Waals surface area contributed by atoms with E-state index in [0.717, 1.165) is 0 Å². The summed E-state index contributed by atoms with van der Waals surface area (Å²) in [5.41, 5.74) is 1.48. The number of sulfonamides is 1. The highest BCUT2D eigenvalue weighted by molar-refractivity contribution is 7.92. The van der Waals surface area contributed by atoms with E-state index >= 15 is 0 Å². The average Bonchev–Trinajstić information content (AvgIpc) is 3.03. The van der Waals surface area contributed by atoms with Gasteiger partial charge in [-0.15, -0.1) is 0 Å². The molecule has 0 spiro atoms. The number of anilines is 2. The summed E-state index contributed by atoms with van der Waals surface area (Å²) < 4.78 is 32.7. The first-order valence-electron chi connectivity index (χ1n) is 7.88. The molecule has 0 aliphatic rings. The fourth-order valence-electron chi connectivity index (χ4n) is 2.46. The summed E-state index contributed by atoms with van der Waals surface area (Å²) in [4.78, 5) is 12.3. The van der Waals surface area contributed by atoms with Gasteiger partial charge in [0.2, 0.25) is 0 Å². The molecule has 0 saturated heterocycles. The van der Waals surface area contributed by atoms with Crippen LogP contribution in [0.25, 0.3) is 0 Å². The number of halogens is 1. The van der Waals surface area contributed by atoms with E-state index in [2.05, 4.69) is 15.2 Å². The molecule has 0 fully saturated rings. The van der Waals surface area contributed by atoms with Crippen molar-refractivity contribution in [3.8, 4) is 0 Å². The number of aryl methyl sites for hydroxylation is 1. The van der Waals surface area contributed by atoms with Crippen LogP contribution in [0.5, 0.6) is 0 Å². The molecule has 9 heteroatoms. The molecule has 1 heterocycles. The van der Waals surface area contributed by atoms with Crippen molar-refractivity contribution in [2.75, 3.05) is 10.0 Å². The Balaban J connectivity index is 1.82. The number of hydrogen-bond donors (Lipinski definition) is 2. The molecular weight excluding hydrogens is 390 g/mol. The number of amides is 1. The molecule has 0 bridgehead atoms. The number of nitrogens with zero attached hydrogens (tertiary/aromatic N) is 1. The Morgan fingerprint density at radius 2 is 1.81 bits per heavy atom. The second-order valence-electron chi connectivity index (χ2n) is 5.80. The van der Waals surface area contributed by atoms with E-state index in [1.165, 1.54) is 18.3 Å². The lowest BCUT2D eigenvalue weighted by atomic mass is 10.2. The van der Waals surface area contributed by atoms with E-state index in [9.17, 15) is 13.2 Å². The van der Waals surface area contributed by atoms with Crippen molar-refractivity contribution in [3.05, 3.63) is 70.6 Å². The number of benzene rings is 2. The van der Waals surface area contributed by atoms with E-state index in [1.54, 1.807) is 44.2 Å². The fourth-order valence-corrected chi connectivity index (χ4v) is 4.01. The maximum absolute atomic E-state index is 12.7. The molecule has 0 aliphatic carbocycles. The molecule has 140 valence electrons. The Morgan fingerprint density at radius 3 is 2.52 bits per heavy atom. The maximum Gasteiger partial charge on any atom is 0.262 e. The van der Waals surface area contributed by atoms with Gasteiger partial charge in [0.05, 0.1) is 16.8 Å². The van der Waals surface area contributed by atoms with Gasteiger partial charge in [-0.3, -0.25) is 9.52 Å². The molecule has 0 aliphatic heterocycles. The highest BCUT2D eigenvalue weighted by Crippen LogP contribution is 2.25. The molecule has 0 saturated carbocycles. The molecule has 1 aromatic heterocycles. The molecule has 0 atom stereocenters. The monoisotopic (exact) mass is 405 g/mol. The van der Waals surface area contributed by atoms with Crippen molar-refractivity contribution in [3.63, 3.8) is 0 Å². The number of rotatable bonds is 5. The van der Waals surface area contributed by atoms with Crippen LogP contribution in [0.4, 0.5) is 11.4 Å². The van der Waals surface area contributed by atoms with Crippen molar-refractivity contribution in [2.45, 2.75) is 18.7 Å². The van der Waals surface area contributed by atoms with Gasteiger partial charge in [0.15, 0.2) is 0 Å². The lowest BCUT2D eigenvalue weighted by Gasteiger charge is -2.12. The Bertz CT molecular complexity index is 1110. The van der Waals surface area contributed by atoms with Crippen LogP contribution >= 0.6 is 11.6 Å². The van der Waals surface area contributed by atoms with Gasteiger partial charge < -0.3 is 9.84 Å². The van der Waals surface area contributed by atoms with Crippen molar-refractivity contribution in [2.24, 2.45) is 0 Å². The van der Waals surface area contributed by atoms with Crippen molar-refractivity contribution in [1.29, 1.82) is 0 Å². The maximum atomic E-state index is 12.7. The fraction of sp³-hybridized carbons (Fsp3) is 0.111. The predicted molar refractivity (Wildman–Crippen MR) is 103 cm³/mol. The molecule has 3 rings (SSSR count). The zero-order chi connectivity index (χ0) is 19.6. The van der Waals surface area contributed by atoms with E-state index in [4.69, 9.17) is 16.1 Å². The predicted octanol–water partition coefficient (Wildman–Crippen LogP) is 4.00. The Labute approximate surface area is 161 Å². The zero-order valence-corrected chi connectivity index (χ0v) is 16.1. The highest BCUT2D eigenvalue weighted by Gasteiger charge is 2.19. The summed E-state index contributed by atoms with van der Waals surface area (Å²) >= 11 is 6.01. The van der Waals surface area contributed by atoms with Crippen LogP contribution in [0.15, 0.2) is 58.1 Å². The average molecular weight is 406 g/mol. The summed E-state index contributed by atoms with van der Waals surface area (Å²) in [5, 5.41) is 6.60. The van der Waals surface area contributed by atoms with Gasteiger partial charge in [0.25, 0.3) is 15.9 Å². The number of carbonyl (C=O) groups excluding carboxylic acids is 1.